The van der Waals surface area contributed by atoms with Crippen molar-refractivity contribution in [1.29, 1.82) is 0 Å². The van der Waals surface area contributed by atoms with E-state index in [9.17, 15) is 4.79 Å². The summed E-state index contributed by atoms with van der Waals surface area (Å²) in [5.41, 5.74) is 5.33. The summed E-state index contributed by atoms with van der Waals surface area (Å²) < 4.78 is 0. The molecule has 7 heteroatoms. The SMILES string of the molecule is Nc1nc(-c2ncccn2)ncc1C(=O)O. The Morgan fingerprint density at radius 3 is 2.44 bits per heavy atom. The van der Waals surface area contributed by atoms with Crippen molar-refractivity contribution in [3.05, 3.63) is 30.2 Å². The van der Waals surface area contributed by atoms with Crippen LogP contribution in [0.15, 0.2) is 24.7 Å². The van der Waals surface area contributed by atoms with Crippen molar-refractivity contribution in [2.75, 3.05) is 5.73 Å². The molecule has 2 aromatic heterocycles. The van der Waals surface area contributed by atoms with Gasteiger partial charge < -0.3 is 10.8 Å². The molecule has 0 saturated carbocycles. The van der Waals surface area contributed by atoms with E-state index in [1.165, 1.54) is 12.4 Å². The second kappa shape index (κ2) is 3.89. The number of nitrogens with two attached hydrogens (primary N) is 1. The summed E-state index contributed by atoms with van der Waals surface area (Å²) in [6, 6.07) is 1.65. The lowest BCUT2D eigenvalue weighted by Crippen LogP contribution is -2.07. The smallest absolute Gasteiger partial charge is 0.341 e. The lowest BCUT2D eigenvalue weighted by molar-refractivity contribution is 0.0697. The van der Waals surface area contributed by atoms with Crippen LogP contribution >= 0.6 is 0 Å². The Balaban J connectivity index is 2.46. The van der Waals surface area contributed by atoms with Crippen LogP contribution in [0.2, 0.25) is 0 Å². The maximum absolute atomic E-state index is 10.7. The molecule has 80 valence electrons. The Bertz CT molecular complexity index is 529. The van der Waals surface area contributed by atoms with Crippen LogP contribution in [0.3, 0.4) is 0 Å². The van der Waals surface area contributed by atoms with Crippen LogP contribution in [0.25, 0.3) is 11.6 Å². The fourth-order valence-electron chi connectivity index (χ4n) is 1.08. The van der Waals surface area contributed by atoms with Gasteiger partial charge in [0.1, 0.15) is 11.4 Å². The minimum absolute atomic E-state index is 0.107. The van der Waals surface area contributed by atoms with E-state index in [0.29, 0.717) is 5.82 Å². The third kappa shape index (κ3) is 1.78. The van der Waals surface area contributed by atoms with E-state index in [4.69, 9.17) is 10.8 Å². The molecule has 0 saturated heterocycles. The van der Waals surface area contributed by atoms with Crippen LogP contribution in [0.5, 0.6) is 0 Å². The summed E-state index contributed by atoms with van der Waals surface area (Å²) in [5, 5.41) is 8.74. The van der Waals surface area contributed by atoms with Crippen molar-refractivity contribution >= 4 is 11.8 Å². The van der Waals surface area contributed by atoms with Gasteiger partial charge in [0.15, 0.2) is 11.6 Å². The number of hydrogen-bond acceptors (Lipinski definition) is 6. The molecule has 0 radical (unpaired) electrons. The number of carbonyl (C=O) groups is 1. The van der Waals surface area contributed by atoms with E-state index in [1.54, 1.807) is 6.07 Å². The molecule has 0 atom stereocenters. The van der Waals surface area contributed by atoms with Gasteiger partial charge >= 0.3 is 5.97 Å². The van der Waals surface area contributed by atoms with Crippen molar-refractivity contribution in [3.63, 3.8) is 0 Å². The lowest BCUT2D eigenvalue weighted by atomic mass is 10.3. The van der Waals surface area contributed by atoms with Crippen LogP contribution < -0.4 is 5.73 Å². The lowest BCUT2D eigenvalue weighted by Gasteiger charge is -2.01. The zero-order valence-corrected chi connectivity index (χ0v) is 8.03. The van der Waals surface area contributed by atoms with Gasteiger partial charge in [0.05, 0.1) is 0 Å². The number of carboxylic acids is 1. The molecule has 7 nitrogen and oxygen atoms in total. The van der Waals surface area contributed by atoms with Crippen molar-refractivity contribution in [2.24, 2.45) is 0 Å². The fraction of sp³-hybridized carbons (Fsp3) is 0. The number of aromatic nitrogens is 4. The molecule has 0 aliphatic rings. The molecule has 0 aliphatic carbocycles. The van der Waals surface area contributed by atoms with Gasteiger partial charge in [-0.2, -0.15) is 0 Å². The molecule has 0 bridgehead atoms. The average Bonchev–Trinajstić information content (AvgIpc) is 2.29. The predicted molar refractivity (Wildman–Crippen MR) is 54.4 cm³/mol. The predicted octanol–water partition coefficient (Wildman–Crippen LogP) is 0.214. The summed E-state index contributed by atoms with van der Waals surface area (Å²) in [6.45, 7) is 0. The molecule has 16 heavy (non-hydrogen) atoms. The highest BCUT2D eigenvalue weighted by Crippen LogP contribution is 2.12. The first-order valence-corrected chi connectivity index (χ1v) is 4.31. The highest BCUT2D eigenvalue weighted by molar-refractivity contribution is 5.92. The molecule has 2 aromatic rings. The van der Waals surface area contributed by atoms with Gasteiger partial charge in [0, 0.05) is 18.6 Å². The maximum Gasteiger partial charge on any atom is 0.341 e. The highest BCUT2D eigenvalue weighted by atomic mass is 16.4. The summed E-state index contributed by atoms with van der Waals surface area (Å²) in [7, 11) is 0. The molecule has 0 unspecified atom stereocenters. The average molecular weight is 217 g/mol. The number of rotatable bonds is 2. The molecule has 0 aromatic carbocycles. The molecule has 2 heterocycles. The second-order valence-corrected chi connectivity index (χ2v) is 2.87. The monoisotopic (exact) mass is 217 g/mol. The molecule has 0 amide bonds. The highest BCUT2D eigenvalue weighted by Gasteiger charge is 2.12. The number of carboxylic acid groups (broad SMARTS) is 1. The normalized spacial score (nSPS) is 10.0. The van der Waals surface area contributed by atoms with Gasteiger partial charge in [0.2, 0.25) is 0 Å². The first-order valence-electron chi connectivity index (χ1n) is 4.31. The Hall–Kier alpha value is -2.57. The quantitative estimate of drug-likeness (QED) is 0.738. The number of nitrogens with zero attached hydrogens (tertiary/aromatic N) is 4. The Morgan fingerprint density at radius 2 is 1.88 bits per heavy atom. The summed E-state index contributed by atoms with van der Waals surface area (Å²) in [5.74, 6) is -0.780. The minimum atomic E-state index is -1.17. The van der Waals surface area contributed by atoms with Crippen molar-refractivity contribution in [2.45, 2.75) is 0 Å². The minimum Gasteiger partial charge on any atom is -0.477 e. The van der Waals surface area contributed by atoms with Gasteiger partial charge in [-0.15, -0.1) is 0 Å². The fourth-order valence-corrected chi connectivity index (χ4v) is 1.08. The Morgan fingerprint density at radius 1 is 1.19 bits per heavy atom. The molecule has 0 aliphatic heterocycles. The van der Waals surface area contributed by atoms with Gasteiger partial charge in [-0.25, -0.2) is 24.7 Å². The van der Waals surface area contributed by atoms with E-state index < -0.39 is 5.97 Å². The number of nitrogen functional groups attached to an aromatic ring is 1. The van der Waals surface area contributed by atoms with E-state index in [1.807, 2.05) is 0 Å². The van der Waals surface area contributed by atoms with E-state index in [2.05, 4.69) is 19.9 Å². The van der Waals surface area contributed by atoms with E-state index >= 15 is 0 Å². The maximum atomic E-state index is 10.7. The Labute approximate surface area is 90.0 Å². The molecule has 2 rings (SSSR count). The van der Waals surface area contributed by atoms with Crippen molar-refractivity contribution in [3.8, 4) is 11.6 Å². The third-order valence-corrected chi connectivity index (χ3v) is 1.81. The molecule has 0 fully saturated rings. The third-order valence-electron chi connectivity index (χ3n) is 1.81. The van der Waals surface area contributed by atoms with Crippen molar-refractivity contribution in [1.82, 2.24) is 19.9 Å². The number of aromatic carboxylic acids is 1. The zero-order chi connectivity index (χ0) is 11.5. The van der Waals surface area contributed by atoms with Crippen LogP contribution in [0, 0.1) is 0 Å². The second-order valence-electron chi connectivity index (χ2n) is 2.87. The van der Waals surface area contributed by atoms with Crippen LogP contribution in [-0.4, -0.2) is 31.0 Å². The van der Waals surface area contributed by atoms with Crippen molar-refractivity contribution < 1.29 is 9.90 Å². The van der Waals surface area contributed by atoms with Crippen LogP contribution in [0.4, 0.5) is 5.82 Å². The molecular weight excluding hydrogens is 210 g/mol. The number of hydrogen-bond donors (Lipinski definition) is 2. The van der Waals surface area contributed by atoms with Gasteiger partial charge in [-0.3, -0.25) is 0 Å². The first kappa shape index (κ1) is 9.97. The standard InChI is InChI=1S/C9H7N5O2/c10-6-5(9(15)16)4-13-8(14-6)7-11-2-1-3-12-7/h1-4H,(H,15,16)(H2,10,13,14). The zero-order valence-electron chi connectivity index (χ0n) is 8.03. The van der Waals surface area contributed by atoms with Gasteiger partial charge in [-0.05, 0) is 6.07 Å². The first-order chi connectivity index (χ1) is 7.68. The molecule has 3 N–H and O–H groups in total. The summed E-state index contributed by atoms with van der Waals surface area (Å²) in [4.78, 5) is 26.2. The number of anilines is 1. The summed E-state index contributed by atoms with van der Waals surface area (Å²) >= 11 is 0. The van der Waals surface area contributed by atoms with E-state index in [0.717, 1.165) is 6.20 Å². The van der Waals surface area contributed by atoms with Gasteiger partial charge in [-0.1, -0.05) is 0 Å². The topological polar surface area (TPSA) is 115 Å². The largest absolute Gasteiger partial charge is 0.477 e. The molecular formula is C9H7N5O2. The van der Waals surface area contributed by atoms with Gasteiger partial charge in [0.25, 0.3) is 0 Å². The van der Waals surface area contributed by atoms with Crippen LogP contribution in [-0.2, 0) is 0 Å². The Kier molecular flexibility index (Phi) is 2.42. The van der Waals surface area contributed by atoms with E-state index in [-0.39, 0.29) is 17.2 Å². The molecule has 0 spiro atoms. The summed E-state index contributed by atoms with van der Waals surface area (Å²) in [6.07, 6.45) is 4.20. The van der Waals surface area contributed by atoms with Crippen LogP contribution in [0.1, 0.15) is 10.4 Å².